The van der Waals surface area contributed by atoms with Gasteiger partial charge in [-0.25, -0.2) is 29.9 Å². The van der Waals surface area contributed by atoms with E-state index in [0.717, 1.165) is 0 Å². The van der Waals surface area contributed by atoms with Crippen molar-refractivity contribution in [2.24, 2.45) is 0 Å². The van der Waals surface area contributed by atoms with E-state index in [1.807, 2.05) is 36.4 Å². The molecule has 7 rings (SSSR count). The summed E-state index contributed by atoms with van der Waals surface area (Å²) in [6.45, 7) is 1.76. The third kappa shape index (κ3) is 6.48. The first-order chi connectivity index (χ1) is 22.8. The van der Waals surface area contributed by atoms with Crippen LogP contribution >= 0.6 is 0 Å². The molecule has 0 unspecified atom stereocenters. The number of aryl methyl sites for hydroxylation is 1. The van der Waals surface area contributed by atoms with Crippen molar-refractivity contribution in [1.29, 1.82) is 0 Å². The molecule has 0 atom stereocenters. The summed E-state index contributed by atoms with van der Waals surface area (Å²) in [5, 5.41) is 0. The Bertz CT molecular complexity index is 2010. The lowest BCUT2D eigenvalue weighted by atomic mass is 9.94. The van der Waals surface area contributed by atoms with Crippen LogP contribution in [0.5, 0.6) is 0 Å². The molecular weight excluding hydrogens is 604 g/mol. The number of aromatic nitrogens is 6. The van der Waals surface area contributed by atoms with Crippen LogP contribution in [-0.4, -0.2) is 29.9 Å². The molecule has 10 heteroatoms. The van der Waals surface area contributed by atoms with Crippen LogP contribution < -0.4 is 0 Å². The summed E-state index contributed by atoms with van der Waals surface area (Å²) in [6, 6.07) is 25.0. The largest absolute Gasteiger partial charge is 0.233 e. The predicted molar refractivity (Wildman–Crippen MR) is 170 cm³/mol. The maximum absolute atomic E-state index is 14.2. The zero-order valence-corrected chi connectivity index (χ0v) is 24.7. The monoisotopic (exact) mass is 626 g/mol. The lowest BCUT2D eigenvalue weighted by Gasteiger charge is -2.14. The molecule has 0 N–H and O–H groups in total. The number of hydrogen-bond acceptors (Lipinski definition) is 6. The predicted octanol–water partition coefficient (Wildman–Crippen LogP) is 8.92. The van der Waals surface area contributed by atoms with E-state index in [9.17, 15) is 17.6 Å². The van der Waals surface area contributed by atoms with Crippen molar-refractivity contribution >= 4 is 0 Å². The van der Waals surface area contributed by atoms with Gasteiger partial charge in [-0.3, -0.25) is 0 Å². The Morgan fingerprint density at radius 2 is 0.617 bits per heavy atom. The van der Waals surface area contributed by atoms with Gasteiger partial charge in [-0.05, 0) is 118 Å². The zero-order valence-electron chi connectivity index (χ0n) is 24.7. The van der Waals surface area contributed by atoms with Gasteiger partial charge in [0.05, 0.1) is 11.4 Å². The number of pyridine rings is 4. The van der Waals surface area contributed by atoms with E-state index in [2.05, 4.69) is 19.9 Å². The van der Waals surface area contributed by atoms with E-state index in [4.69, 9.17) is 9.97 Å². The van der Waals surface area contributed by atoms with Gasteiger partial charge in [0.2, 0.25) is 23.8 Å². The highest BCUT2D eigenvalue weighted by Gasteiger charge is 2.15. The summed E-state index contributed by atoms with van der Waals surface area (Å²) in [5.74, 6) is -2.08. The Balaban J connectivity index is 1.41. The molecule has 0 aliphatic carbocycles. The molecule has 2 aromatic carbocycles. The minimum absolute atomic E-state index is 0.464. The molecule has 0 radical (unpaired) electrons. The van der Waals surface area contributed by atoms with Gasteiger partial charge in [0, 0.05) is 60.2 Å². The van der Waals surface area contributed by atoms with Gasteiger partial charge >= 0.3 is 0 Å². The molecule has 47 heavy (non-hydrogen) atoms. The Labute approximate surface area is 266 Å². The third-order valence-electron chi connectivity index (χ3n) is 7.54. The van der Waals surface area contributed by atoms with E-state index in [0.29, 0.717) is 72.8 Å². The second-order valence-electron chi connectivity index (χ2n) is 10.8. The molecule has 228 valence electrons. The fourth-order valence-electron chi connectivity index (χ4n) is 5.41. The Morgan fingerprint density at radius 1 is 0.340 bits per heavy atom. The maximum atomic E-state index is 14.2. The zero-order chi connectivity index (χ0) is 32.5. The molecule has 0 bridgehead atoms. The van der Waals surface area contributed by atoms with Crippen LogP contribution in [0.2, 0.25) is 0 Å². The van der Waals surface area contributed by atoms with Gasteiger partial charge in [-0.1, -0.05) is 0 Å². The lowest BCUT2D eigenvalue weighted by molar-refractivity contribution is 0.584. The maximum Gasteiger partial charge on any atom is 0.213 e. The molecule has 0 fully saturated rings. The Kier molecular flexibility index (Phi) is 7.75. The van der Waals surface area contributed by atoms with Gasteiger partial charge in [0.25, 0.3) is 0 Å². The highest BCUT2D eigenvalue weighted by molar-refractivity contribution is 5.83. The van der Waals surface area contributed by atoms with E-state index >= 15 is 0 Å². The summed E-state index contributed by atoms with van der Waals surface area (Å²) in [6.07, 6.45) is 5.52. The molecule has 6 nitrogen and oxygen atoms in total. The minimum atomic E-state index is -0.636. The Morgan fingerprint density at radius 3 is 0.894 bits per heavy atom. The summed E-state index contributed by atoms with van der Waals surface area (Å²) in [4.78, 5) is 24.1. The molecule has 0 aliphatic heterocycles. The first-order valence-corrected chi connectivity index (χ1v) is 14.4. The number of rotatable bonds is 6. The fourth-order valence-corrected chi connectivity index (χ4v) is 5.41. The lowest BCUT2D eigenvalue weighted by Crippen LogP contribution is -1.97. The first-order valence-electron chi connectivity index (χ1n) is 14.4. The van der Waals surface area contributed by atoms with E-state index < -0.39 is 23.8 Å². The van der Waals surface area contributed by atoms with Crippen molar-refractivity contribution in [1.82, 2.24) is 29.9 Å². The van der Waals surface area contributed by atoms with Crippen LogP contribution in [0.3, 0.4) is 0 Å². The molecule has 0 saturated carbocycles. The molecule has 5 heterocycles. The molecular formula is C37H22F4N6. The standard InChI is InChI=1S/C37H22F4N6/c1-21-46-32(30-12-26(22-2-6-42-34(38)16-22)10-27(13-30)23-3-7-43-35(39)17-23)20-33(47-21)31-14-28(24-4-8-44-36(40)18-24)11-29(15-31)25-5-9-45-37(41)19-25/h2-20H,1H3. The smallest absolute Gasteiger partial charge is 0.213 e. The molecule has 0 saturated heterocycles. The molecule has 0 amide bonds. The normalized spacial score (nSPS) is 11.1. The van der Waals surface area contributed by atoms with Crippen LogP contribution in [0.4, 0.5) is 17.6 Å². The fraction of sp³-hybridized carbons (Fsp3) is 0.0270. The van der Waals surface area contributed by atoms with E-state index in [-0.39, 0.29) is 0 Å². The quantitative estimate of drug-likeness (QED) is 0.136. The van der Waals surface area contributed by atoms with Gasteiger partial charge in [0.15, 0.2) is 0 Å². The van der Waals surface area contributed by atoms with Crippen molar-refractivity contribution in [3.8, 4) is 67.0 Å². The van der Waals surface area contributed by atoms with Crippen LogP contribution in [0, 0.1) is 30.7 Å². The summed E-state index contributed by atoms with van der Waals surface area (Å²) < 4.78 is 56.7. The molecule has 0 aliphatic rings. The van der Waals surface area contributed by atoms with Crippen molar-refractivity contribution in [3.05, 3.63) is 145 Å². The van der Waals surface area contributed by atoms with Gasteiger partial charge in [0.1, 0.15) is 5.82 Å². The van der Waals surface area contributed by atoms with Crippen molar-refractivity contribution in [3.63, 3.8) is 0 Å². The number of nitrogens with zero attached hydrogens (tertiary/aromatic N) is 6. The van der Waals surface area contributed by atoms with E-state index in [1.165, 1.54) is 49.1 Å². The molecule has 7 aromatic rings. The SMILES string of the molecule is Cc1nc(-c2cc(-c3ccnc(F)c3)cc(-c3ccnc(F)c3)c2)cc(-c2cc(-c3ccnc(F)c3)cc(-c3ccnc(F)c3)c2)n1. The number of halogens is 4. The second-order valence-corrected chi connectivity index (χ2v) is 10.8. The van der Waals surface area contributed by atoms with Crippen molar-refractivity contribution in [2.45, 2.75) is 6.92 Å². The summed E-state index contributed by atoms with van der Waals surface area (Å²) in [5.41, 5.74) is 7.41. The van der Waals surface area contributed by atoms with Crippen molar-refractivity contribution in [2.75, 3.05) is 0 Å². The summed E-state index contributed by atoms with van der Waals surface area (Å²) >= 11 is 0. The molecule has 5 aromatic heterocycles. The van der Waals surface area contributed by atoms with Crippen LogP contribution in [0.1, 0.15) is 5.82 Å². The average Bonchev–Trinajstić information content (AvgIpc) is 3.07. The van der Waals surface area contributed by atoms with Crippen molar-refractivity contribution < 1.29 is 17.6 Å². The summed E-state index contributed by atoms with van der Waals surface area (Å²) in [7, 11) is 0. The third-order valence-corrected chi connectivity index (χ3v) is 7.54. The second kappa shape index (κ2) is 12.3. The highest BCUT2D eigenvalue weighted by Crippen LogP contribution is 2.36. The minimum Gasteiger partial charge on any atom is -0.233 e. The highest BCUT2D eigenvalue weighted by atomic mass is 19.1. The van der Waals surface area contributed by atoms with E-state index in [1.54, 1.807) is 37.3 Å². The first kappa shape index (κ1) is 29.5. The number of benzene rings is 2. The number of hydrogen-bond donors (Lipinski definition) is 0. The van der Waals surface area contributed by atoms with Gasteiger partial charge in [-0.15, -0.1) is 0 Å². The van der Waals surface area contributed by atoms with Gasteiger partial charge in [-0.2, -0.15) is 17.6 Å². The average molecular weight is 627 g/mol. The van der Waals surface area contributed by atoms with Crippen LogP contribution in [0.15, 0.2) is 116 Å². The van der Waals surface area contributed by atoms with Crippen LogP contribution in [0.25, 0.3) is 67.0 Å². The molecule has 0 spiro atoms. The topological polar surface area (TPSA) is 77.3 Å². The Hall–Kier alpha value is -6.16. The van der Waals surface area contributed by atoms with Crippen LogP contribution in [-0.2, 0) is 0 Å². The van der Waals surface area contributed by atoms with Gasteiger partial charge < -0.3 is 0 Å².